The zero-order chi connectivity index (χ0) is 13.8. The highest BCUT2D eigenvalue weighted by Gasteiger charge is 2.57. The van der Waals surface area contributed by atoms with Gasteiger partial charge in [-0.05, 0) is 49.9 Å². The normalized spacial score (nSPS) is 48.4. The number of allylic oxidation sites excluding steroid dienone is 1. The second-order valence-corrected chi connectivity index (χ2v) is 10.3. The fourth-order valence-corrected chi connectivity index (χ4v) is 5.20. The average molecular weight is 399 g/mol. The van der Waals surface area contributed by atoms with Gasteiger partial charge in [0.15, 0.2) is 0 Å². The van der Waals surface area contributed by atoms with Crippen LogP contribution in [0.3, 0.4) is 0 Å². The van der Waals surface area contributed by atoms with E-state index in [9.17, 15) is 0 Å². The topological polar surface area (TPSA) is 0 Å². The summed E-state index contributed by atoms with van der Waals surface area (Å²) in [6.07, 6.45) is 5.72. The first-order valence-corrected chi connectivity index (χ1v) is 8.93. The van der Waals surface area contributed by atoms with Gasteiger partial charge in [-0.3, -0.25) is 0 Å². The van der Waals surface area contributed by atoms with Gasteiger partial charge in [-0.1, -0.05) is 57.9 Å². The number of hydrogen-bond acceptors (Lipinski definition) is 0. The van der Waals surface area contributed by atoms with E-state index in [4.69, 9.17) is 11.6 Å². The van der Waals surface area contributed by atoms with Crippen molar-refractivity contribution < 1.29 is 0 Å². The van der Waals surface area contributed by atoms with E-state index in [1.807, 2.05) is 0 Å². The van der Waals surface area contributed by atoms with Crippen molar-refractivity contribution in [1.29, 1.82) is 0 Å². The second-order valence-electron chi connectivity index (χ2n) is 6.86. The smallest absolute Gasteiger partial charge is 0.0495 e. The molecular weight excluding hydrogens is 375 g/mol. The highest BCUT2D eigenvalue weighted by Crippen LogP contribution is 2.64. The number of rotatable bonds is 0. The van der Waals surface area contributed by atoms with Crippen molar-refractivity contribution in [1.82, 2.24) is 0 Å². The molecule has 2 fully saturated rings. The zero-order valence-electron chi connectivity index (χ0n) is 11.5. The summed E-state index contributed by atoms with van der Waals surface area (Å²) in [7, 11) is 0. The fraction of sp³-hybridized carbons (Fsp3) is 0.867. The highest BCUT2D eigenvalue weighted by molar-refractivity contribution is 9.10. The molecule has 0 nitrogen and oxygen atoms in total. The zero-order valence-corrected chi connectivity index (χ0v) is 15.5. The summed E-state index contributed by atoms with van der Waals surface area (Å²) in [5.41, 5.74) is 1.87. The molecule has 18 heavy (non-hydrogen) atoms. The van der Waals surface area contributed by atoms with Gasteiger partial charge in [-0.2, -0.15) is 0 Å². The van der Waals surface area contributed by atoms with Gasteiger partial charge in [-0.25, -0.2) is 0 Å². The Balaban J connectivity index is 2.37. The van der Waals surface area contributed by atoms with Crippen molar-refractivity contribution in [2.24, 2.45) is 10.8 Å². The summed E-state index contributed by atoms with van der Waals surface area (Å²) in [5.74, 6) is 0. The molecule has 2 aliphatic carbocycles. The monoisotopic (exact) mass is 396 g/mol. The van der Waals surface area contributed by atoms with Crippen LogP contribution in [0.15, 0.2) is 12.2 Å². The van der Waals surface area contributed by atoms with E-state index in [2.05, 4.69) is 59.2 Å². The Labute approximate surface area is 133 Å². The predicted octanol–water partition coefficient (Wildman–Crippen LogP) is 6.06. The van der Waals surface area contributed by atoms with Crippen LogP contribution < -0.4 is 0 Å². The van der Waals surface area contributed by atoms with Gasteiger partial charge in [-0.15, -0.1) is 11.6 Å². The Kier molecular flexibility index (Phi) is 4.08. The molecular formula is C15H23Br2Cl. The maximum Gasteiger partial charge on any atom is 0.0495 e. The van der Waals surface area contributed by atoms with E-state index in [1.54, 1.807) is 0 Å². The first kappa shape index (κ1) is 15.4. The number of hydrogen-bond donors (Lipinski definition) is 0. The van der Waals surface area contributed by atoms with Gasteiger partial charge in [0.2, 0.25) is 0 Å². The molecule has 3 heteroatoms. The van der Waals surface area contributed by atoms with Crippen LogP contribution in [0, 0.1) is 10.8 Å². The van der Waals surface area contributed by atoms with Crippen LogP contribution in [0.2, 0.25) is 0 Å². The van der Waals surface area contributed by atoms with Gasteiger partial charge in [0.05, 0.1) is 0 Å². The number of alkyl halides is 3. The van der Waals surface area contributed by atoms with Crippen LogP contribution in [-0.4, -0.2) is 14.5 Å². The predicted molar refractivity (Wildman–Crippen MR) is 88.1 cm³/mol. The van der Waals surface area contributed by atoms with Crippen molar-refractivity contribution >= 4 is 43.5 Å². The lowest BCUT2D eigenvalue weighted by Gasteiger charge is -2.59. The lowest BCUT2D eigenvalue weighted by molar-refractivity contribution is 0.0341. The summed E-state index contributed by atoms with van der Waals surface area (Å²) in [6.45, 7) is 11.4. The van der Waals surface area contributed by atoms with Gasteiger partial charge >= 0.3 is 0 Å². The van der Waals surface area contributed by atoms with Gasteiger partial charge in [0.1, 0.15) is 0 Å². The van der Waals surface area contributed by atoms with Crippen molar-refractivity contribution in [2.75, 3.05) is 0 Å². The minimum Gasteiger partial charge on any atom is -0.121 e. The van der Waals surface area contributed by atoms with E-state index in [0.29, 0.717) is 4.83 Å². The van der Waals surface area contributed by atoms with Crippen LogP contribution in [0.5, 0.6) is 0 Å². The third-order valence-corrected chi connectivity index (χ3v) is 9.07. The molecule has 4 atom stereocenters. The number of halogens is 3. The molecule has 104 valence electrons. The summed E-state index contributed by atoms with van der Waals surface area (Å²) in [6, 6.07) is 0. The van der Waals surface area contributed by atoms with Crippen LogP contribution >= 0.6 is 43.5 Å². The molecule has 0 aromatic heterocycles. The minimum atomic E-state index is 0.0788. The summed E-state index contributed by atoms with van der Waals surface area (Å²) < 4.78 is 0.0788. The SMILES string of the molecule is C=C1CC[C@H](Br)C(C)(C)[C@@]12CC[C@@](C)(Br)[C@H](Cl)C2. The second kappa shape index (κ2) is 4.77. The lowest BCUT2D eigenvalue weighted by atomic mass is 9.50. The molecule has 0 bridgehead atoms. The quantitative estimate of drug-likeness (QED) is 0.344. The maximum atomic E-state index is 6.67. The molecule has 2 aliphatic rings. The van der Waals surface area contributed by atoms with Crippen molar-refractivity contribution in [3.8, 4) is 0 Å². The molecule has 2 rings (SSSR count). The summed E-state index contributed by atoms with van der Waals surface area (Å²) >= 11 is 14.4. The average Bonchev–Trinajstić information content (AvgIpc) is 2.27. The first-order chi connectivity index (χ1) is 8.13. The third kappa shape index (κ3) is 2.15. The maximum absolute atomic E-state index is 6.67. The van der Waals surface area contributed by atoms with E-state index < -0.39 is 0 Å². The molecule has 1 spiro atoms. The molecule has 0 saturated heterocycles. The third-order valence-electron chi connectivity index (χ3n) is 5.61. The molecule has 0 radical (unpaired) electrons. The van der Waals surface area contributed by atoms with Gasteiger partial charge < -0.3 is 0 Å². The van der Waals surface area contributed by atoms with Crippen LogP contribution in [0.25, 0.3) is 0 Å². The first-order valence-electron chi connectivity index (χ1n) is 6.79. The van der Waals surface area contributed by atoms with Gasteiger partial charge in [0.25, 0.3) is 0 Å². The van der Waals surface area contributed by atoms with E-state index >= 15 is 0 Å². The molecule has 0 aliphatic heterocycles. The van der Waals surface area contributed by atoms with Crippen LogP contribution in [-0.2, 0) is 0 Å². The van der Waals surface area contributed by atoms with Crippen molar-refractivity contribution in [2.45, 2.75) is 67.4 Å². The molecule has 0 heterocycles. The standard InChI is InChI=1S/C15H23Br2Cl/c1-10-5-6-11(16)13(2,3)15(10)8-7-14(4,17)12(18)9-15/h11-12H,1,5-9H2,2-4H3/t11-,12+,14+,15+/m0/s1. The Hall–Kier alpha value is 0.990. The molecule has 0 amide bonds. The molecule has 0 N–H and O–H groups in total. The lowest BCUT2D eigenvalue weighted by Crippen LogP contribution is -2.54. The van der Waals surface area contributed by atoms with E-state index in [0.717, 1.165) is 19.3 Å². The summed E-state index contributed by atoms with van der Waals surface area (Å²) in [4.78, 5) is 0.569. The van der Waals surface area contributed by atoms with Crippen molar-refractivity contribution in [3.63, 3.8) is 0 Å². The molecule has 0 unspecified atom stereocenters. The largest absolute Gasteiger partial charge is 0.121 e. The molecule has 0 aromatic carbocycles. The van der Waals surface area contributed by atoms with E-state index in [-0.39, 0.29) is 20.5 Å². The van der Waals surface area contributed by atoms with Crippen LogP contribution in [0.1, 0.15) is 52.9 Å². The Morgan fingerprint density at radius 1 is 1.28 bits per heavy atom. The molecule has 0 aromatic rings. The Bertz CT molecular complexity index is 362. The Morgan fingerprint density at radius 3 is 2.44 bits per heavy atom. The summed E-state index contributed by atoms with van der Waals surface area (Å²) in [5, 5.41) is 0.181. The van der Waals surface area contributed by atoms with E-state index in [1.165, 1.54) is 18.4 Å². The molecule has 2 saturated carbocycles. The highest BCUT2D eigenvalue weighted by atomic mass is 79.9. The minimum absolute atomic E-state index is 0.0788. The van der Waals surface area contributed by atoms with Gasteiger partial charge in [0, 0.05) is 14.5 Å². The fourth-order valence-electron chi connectivity index (χ4n) is 3.80. The van der Waals surface area contributed by atoms with Crippen molar-refractivity contribution in [3.05, 3.63) is 12.2 Å². The van der Waals surface area contributed by atoms with Crippen LogP contribution in [0.4, 0.5) is 0 Å². The Morgan fingerprint density at radius 2 is 1.89 bits per heavy atom.